The maximum absolute atomic E-state index is 12.9. The van der Waals surface area contributed by atoms with Crippen molar-refractivity contribution < 1.29 is 19.1 Å². The fourth-order valence-corrected chi connectivity index (χ4v) is 2.94. The van der Waals surface area contributed by atoms with E-state index in [-0.39, 0.29) is 29.4 Å². The lowest BCUT2D eigenvalue weighted by atomic mass is 9.80. The molecule has 1 aromatic carbocycles. The van der Waals surface area contributed by atoms with Crippen LogP contribution in [-0.4, -0.2) is 21.4 Å². The minimum Gasteiger partial charge on any atom is -0.503 e. The number of rotatable bonds is 3. The Bertz CT molecular complexity index is 945. The Labute approximate surface area is 149 Å². The van der Waals surface area contributed by atoms with Crippen LogP contribution in [0.15, 0.2) is 35.3 Å². The number of nitrogens with zero attached hydrogens (tertiary/aromatic N) is 1. The van der Waals surface area contributed by atoms with Crippen LogP contribution in [0, 0.1) is 11.2 Å². The highest BCUT2D eigenvalue weighted by Gasteiger charge is 2.37. The quantitative estimate of drug-likeness (QED) is 0.881. The molecule has 0 aliphatic carbocycles. The van der Waals surface area contributed by atoms with Gasteiger partial charge < -0.3 is 15.0 Å². The van der Waals surface area contributed by atoms with Gasteiger partial charge in [0, 0.05) is 24.7 Å². The Balaban J connectivity index is 1.88. The molecule has 0 bridgehead atoms. The molecule has 3 rings (SSSR count). The topological polar surface area (TPSA) is 88.4 Å². The normalized spacial score (nSPS) is 15.4. The lowest BCUT2D eigenvalue weighted by Gasteiger charge is -2.31. The van der Waals surface area contributed by atoms with Crippen molar-refractivity contribution in [3.63, 3.8) is 0 Å². The summed E-state index contributed by atoms with van der Waals surface area (Å²) in [6.45, 7) is 4.03. The lowest BCUT2D eigenvalue weighted by Crippen LogP contribution is -2.37. The van der Waals surface area contributed by atoms with E-state index in [4.69, 9.17) is 0 Å². The summed E-state index contributed by atoms with van der Waals surface area (Å²) in [6.07, 6.45) is 1.85. The van der Waals surface area contributed by atoms with Crippen LogP contribution in [0.25, 0.3) is 0 Å². The Morgan fingerprint density at radius 1 is 1.27 bits per heavy atom. The summed E-state index contributed by atoms with van der Waals surface area (Å²) in [6, 6.07) is 5.59. The maximum Gasteiger partial charge on any atom is 0.257 e. The number of aryl methyl sites for hydroxylation is 1. The molecule has 0 unspecified atom stereocenters. The van der Waals surface area contributed by atoms with Crippen molar-refractivity contribution in [3.05, 3.63) is 63.3 Å². The largest absolute Gasteiger partial charge is 0.503 e. The number of carbonyl (C=O) groups is 2. The van der Waals surface area contributed by atoms with Gasteiger partial charge in [0.1, 0.15) is 17.1 Å². The van der Waals surface area contributed by atoms with E-state index in [1.54, 1.807) is 13.8 Å². The SMILES string of the molecule is CC1(C)CCn2cc(C(=O)NCc3ccc(F)cc3)c(=O)c(O)c2C1=O. The van der Waals surface area contributed by atoms with Crippen molar-refractivity contribution >= 4 is 11.7 Å². The Hall–Kier alpha value is -2.96. The second-order valence-corrected chi connectivity index (χ2v) is 7.03. The highest BCUT2D eigenvalue weighted by Crippen LogP contribution is 2.34. The number of Topliss-reactive ketones (excluding diaryl/α,β-unsaturated/α-hetero) is 1. The van der Waals surface area contributed by atoms with Gasteiger partial charge in [0.15, 0.2) is 11.5 Å². The average molecular weight is 358 g/mol. The third kappa shape index (κ3) is 3.12. The number of halogens is 1. The Morgan fingerprint density at radius 2 is 1.92 bits per heavy atom. The summed E-state index contributed by atoms with van der Waals surface area (Å²) >= 11 is 0. The predicted octanol–water partition coefficient (Wildman–Crippen LogP) is 2.24. The molecule has 0 atom stereocenters. The number of amides is 1. The number of ketones is 1. The van der Waals surface area contributed by atoms with Gasteiger partial charge in [-0.05, 0) is 24.1 Å². The van der Waals surface area contributed by atoms with Crippen molar-refractivity contribution in [2.75, 3.05) is 0 Å². The summed E-state index contributed by atoms with van der Waals surface area (Å²) in [4.78, 5) is 37.2. The zero-order valence-electron chi connectivity index (χ0n) is 14.5. The maximum atomic E-state index is 12.9. The van der Waals surface area contributed by atoms with Crippen LogP contribution in [0.3, 0.4) is 0 Å². The van der Waals surface area contributed by atoms with Gasteiger partial charge in [-0.25, -0.2) is 4.39 Å². The van der Waals surface area contributed by atoms with Gasteiger partial charge in [0.05, 0.1) is 0 Å². The Kier molecular flexibility index (Phi) is 4.39. The molecule has 1 aromatic heterocycles. The number of carbonyl (C=O) groups excluding carboxylic acids is 2. The number of hydrogen-bond acceptors (Lipinski definition) is 4. The standard InChI is InChI=1S/C19H19FN2O4/c1-19(2)7-8-22-10-13(15(23)16(24)14(22)17(19)25)18(26)21-9-11-3-5-12(20)6-4-11/h3-6,10,24H,7-9H2,1-2H3,(H,21,26). The van der Waals surface area contributed by atoms with Crippen LogP contribution < -0.4 is 10.7 Å². The first-order chi connectivity index (χ1) is 12.2. The minimum atomic E-state index is -0.876. The number of benzene rings is 1. The molecule has 2 N–H and O–H groups in total. The lowest BCUT2D eigenvalue weighted by molar-refractivity contribution is 0.0769. The van der Waals surface area contributed by atoms with Gasteiger partial charge in [-0.2, -0.15) is 0 Å². The highest BCUT2D eigenvalue weighted by molar-refractivity contribution is 6.02. The summed E-state index contributed by atoms with van der Waals surface area (Å²) < 4.78 is 14.4. The number of aromatic nitrogens is 1. The van der Waals surface area contributed by atoms with Crippen LogP contribution in [0.2, 0.25) is 0 Å². The predicted molar refractivity (Wildman–Crippen MR) is 92.7 cm³/mol. The van der Waals surface area contributed by atoms with Crippen molar-refractivity contribution in [1.29, 1.82) is 0 Å². The molecule has 1 aliphatic heterocycles. The molecular formula is C19H19FN2O4. The fraction of sp³-hybridized carbons (Fsp3) is 0.316. The zero-order valence-corrected chi connectivity index (χ0v) is 14.5. The van der Waals surface area contributed by atoms with E-state index in [0.29, 0.717) is 18.5 Å². The monoisotopic (exact) mass is 358 g/mol. The van der Waals surface area contributed by atoms with E-state index in [2.05, 4.69) is 5.32 Å². The molecule has 0 saturated heterocycles. The number of nitrogens with one attached hydrogen (secondary N) is 1. The van der Waals surface area contributed by atoms with Crippen LogP contribution >= 0.6 is 0 Å². The molecule has 136 valence electrons. The first-order valence-electron chi connectivity index (χ1n) is 8.24. The van der Waals surface area contributed by atoms with Crippen LogP contribution in [-0.2, 0) is 13.1 Å². The number of pyridine rings is 1. The van der Waals surface area contributed by atoms with E-state index < -0.39 is 22.5 Å². The van der Waals surface area contributed by atoms with E-state index in [9.17, 15) is 23.9 Å². The third-order valence-electron chi connectivity index (χ3n) is 4.67. The van der Waals surface area contributed by atoms with Crippen molar-refractivity contribution in [2.45, 2.75) is 33.4 Å². The van der Waals surface area contributed by atoms with Crippen molar-refractivity contribution in [3.8, 4) is 5.75 Å². The number of fused-ring (bicyclic) bond motifs is 1. The van der Waals surface area contributed by atoms with Gasteiger partial charge in [0.2, 0.25) is 5.43 Å². The second kappa shape index (κ2) is 6.40. The van der Waals surface area contributed by atoms with E-state index in [1.807, 2.05) is 0 Å². The number of aromatic hydroxyl groups is 1. The molecule has 26 heavy (non-hydrogen) atoms. The summed E-state index contributed by atoms with van der Waals surface area (Å²) in [5, 5.41) is 12.8. The molecule has 0 radical (unpaired) electrons. The van der Waals surface area contributed by atoms with Crippen molar-refractivity contribution in [2.24, 2.45) is 5.41 Å². The molecule has 0 saturated carbocycles. The van der Waals surface area contributed by atoms with Gasteiger partial charge >= 0.3 is 0 Å². The van der Waals surface area contributed by atoms with Gasteiger partial charge in [-0.3, -0.25) is 14.4 Å². The average Bonchev–Trinajstić information content (AvgIpc) is 2.60. The van der Waals surface area contributed by atoms with E-state index in [0.717, 1.165) is 0 Å². The Morgan fingerprint density at radius 3 is 2.58 bits per heavy atom. The van der Waals surface area contributed by atoms with E-state index >= 15 is 0 Å². The highest BCUT2D eigenvalue weighted by atomic mass is 19.1. The molecule has 0 fully saturated rings. The molecule has 0 spiro atoms. The smallest absolute Gasteiger partial charge is 0.257 e. The van der Waals surface area contributed by atoms with Crippen LogP contribution in [0.4, 0.5) is 4.39 Å². The first kappa shape index (κ1) is 17.8. The van der Waals surface area contributed by atoms with E-state index in [1.165, 1.54) is 35.0 Å². The van der Waals surface area contributed by atoms with Gasteiger partial charge in [-0.1, -0.05) is 26.0 Å². The minimum absolute atomic E-state index is 0.0543. The van der Waals surface area contributed by atoms with Crippen LogP contribution in [0.5, 0.6) is 5.75 Å². The molecular weight excluding hydrogens is 339 g/mol. The summed E-state index contributed by atoms with van der Waals surface area (Å²) in [5.74, 6) is -2.07. The molecule has 1 amide bonds. The third-order valence-corrected chi connectivity index (χ3v) is 4.67. The number of hydrogen-bond donors (Lipinski definition) is 2. The first-order valence-corrected chi connectivity index (χ1v) is 8.24. The zero-order chi connectivity index (χ0) is 19.1. The second-order valence-electron chi connectivity index (χ2n) is 7.03. The molecule has 2 heterocycles. The molecule has 6 nitrogen and oxygen atoms in total. The summed E-state index contributed by atoms with van der Waals surface area (Å²) in [5.41, 5.74) is -1.17. The van der Waals surface area contributed by atoms with Gasteiger partial charge in [-0.15, -0.1) is 0 Å². The molecule has 7 heteroatoms. The fourth-order valence-electron chi connectivity index (χ4n) is 2.94. The molecule has 1 aliphatic rings. The van der Waals surface area contributed by atoms with Crippen LogP contribution in [0.1, 0.15) is 46.7 Å². The van der Waals surface area contributed by atoms with Gasteiger partial charge in [0.25, 0.3) is 5.91 Å². The molecule has 2 aromatic rings. The van der Waals surface area contributed by atoms with Crippen molar-refractivity contribution in [1.82, 2.24) is 9.88 Å². The summed E-state index contributed by atoms with van der Waals surface area (Å²) in [7, 11) is 0.